The molecule has 4 rings (SSSR count). The number of rotatable bonds is 7. The number of benzene rings is 1. The lowest BCUT2D eigenvalue weighted by atomic mass is 9.86. The van der Waals surface area contributed by atoms with Crippen molar-refractivity contribution in [3.63, 3.8) is 0 Å². The summed E-state index contributed by atoms with van der Waals surface area (Å²) in [6.45, 7) is 1.80. The number of aliphatic hydroxyl groups is 1. The summed E-state index contributed by atoms with van der Waals surface area (Å²) in [5.74, 6) is -0.575. The average Bonchev–Trinajstić information content (AvgIpc) is 3.34. The van der Waals surface area contributed by atoms with Gasteiger partial charge in [0.15, 0.2) is 5.13 Å². The molecular weight excluding hydrogens is 519 g/mol. The predicted octanol–water partition coefficient (Wildman–Crippen LogP) is 3.86. The molecule has 1 aromatic carbocycles. The third kappa shape index (κ3) is 7.26. The van der Waals surface area contributed by atoms with Gasteiger partial charge in [0.2, 0.25) is 0 Å². The Morgan fingerprint density at radius 2 is 2.00 bits per heavy atom. The Balaban J connectivity index is 0.00000108. The fourth-order valence-electron chi connectivity index (χ4n) is 4.75. The molecule has 35 heavy (non-hydrogen) atoms. The number of likely N-dealkylation sites (tertiary alicyclic amines) is 1. The summed E-state index contributed by atoms with van der Waals surface area (Å²) >= 11 is 7.51. The van der Waals surface area contributed by atoms with Gasteiger partial charge in [0.05, 0.1) is 10.7 Å². The number of aromatic nitrogens is 1. The van der Waals surface area contributed by atoms with Crippen LogP contribution >= 0.6 is 22.9 Å². The number of aliphatic hydroxyl groups excluding tert-OH is 1. The number of anilines is 2. The fraction of sp³-hybridized carbons (Fsp3) is 0.545. The normalized spacial score (nSPS) is 23.1. The largest absolute Gasteiger partial charge is 0.483 e. The van der Waals surface area contributed by atoms with Crippen molar-refractivity contribution < 1.29 is 27.8 Å². The van der Waals surface area contributed by atoms with Crippen molar-refractivity contribution in [1.29, 1.82) is 0 Å². The van der Waals surface area contributed by atoms with E-state index in [4.69, 9.17) is 21.5 Å². The molecule has 2 heterocycles. The third-order valence-corrected chi connectivity index (χ3v) is 8.80. The Kier molecular flexibility index (Phi) is 10.1. The highest BCUT2D eigenvalue weighted by Crippen LogP contribution is 2.34. The number of carbonyl (C=O) groups is 1. The molecule has 2 fully saturated rings. The van der Waals surface area contributed by atoms with E-state index in [1.807, 2.05) is 0 Å². The van der Waals surface area contributed by atoms with E-state index >= 15 is 0 Å². The number of hydrogen-bond donors (Lipinski definition) is 4. The molecule has 0 spiro atoms. The molecule has 0 bridgehead atoms. The highest BCUT2D eigenvalue weighted by Gasteiger charge is 2.33. The Morgan fingerprint density at radius 1 is 1.26 bits per heavy atom. The van der Waals surface area contributed by atoms with Crippen LogP contribution in [-0.2, 0) is 14.8 Å². The van der Waals surface area contributed by atoms with Gasteiger partial charge in [-0.3, -0.25) is 14.4 Å². The van der Waals surface area contributed by atoms with E-state index in [1.54, 1.807) is 5.38 Å². The van der Waals surface area contributed by atoms with Gasteiger partial charge in [-0.25, -0.2) is 17.8 Å². The number of piperidine rings is 1. The zero-order valence-corrected chi connectivity index (χ0v) is 21.5. The van der Waals surface area contributed by atoms with Gasteiger partial charge >= 0.3 is 0 Å². The molecule has 2 aromatic rings. The fourth-order valence-corrected chi connectivity index (χ4v) is 6.91. The third-order valence-electron chi connectivity index (χ3n) is 6.31. The van der Waals surface area contributed by atoms with Crippen LogP contribution in [0.2, 0.25) is 5.02 Å². The lowest BCUT2D eigenvalue weighted by Crippen LogP contribution is -2.52. The number of carboxylic acid groups (broad SMARTS) is 1. The number of nitrogens with zero attached hydrogens (tertiary/aromatic N) is 2. The number of sulfonamides is 1. The van der Waals surface area contributed by atoms with Crippen molar-refractivity contribution in [2.24, 2.45) is 5.92 Å². The zero-order valence-electron chi connectivity index (χ0n) is 19.1. The average molecular weight is 549 g/mol. The molecular formula is C22H30ClFN4O5S2. The van der Waals surface area contributed by atoms with Crippen LogP contribution in [0, 0.1) is 11.7 Å². The van der Waals surface area contributed by atoms with Gasteiger partial charge in [-0.1, -0.05) is 24.4 Å². The SMILES string of the molecule is O=CO.O=S(=O)(Nc1nccs1)c1cc(Cl)c(N[C@H]2CCCC[C@@H]2N2CCC[C@@H](CO)C2)cc1F. The van der Waals surface area contributed by atoms with Crippen molar-refractivity contribution in [3.05, 3.63) is 34.5 Å². The predicted molar refractivity (Wildman–Crippen MR) is 134 cm³/mol. The van der Waals surface area contributed by atoms with E-state index in [0.717, 1.165) is 75.1 Å². The van der Waals surface area contributed by atoms with Gasteiger partial charge in [-0.15, -0.1) is 11.3 Å². The highest BCUT2D eigenvalue weighted by atomic mass is 35.5. The quantitative estimate of drug-likeness (QED) is 0.383. The minimum absolute atomic E-state index is 0.0778. The van der Waals surface area contributed by atoms with E-state index in [1.165, 1.54) is 6.20 Å². The lowest BCUT2D eigenvalue weighted by molar-refractivity contribution is -0.122. The molecule has 4 N–H and O–H groups in total. The summed E-state index contributed by atoms with van der Waals surface area (Å²) < 4.78 is 42.4. The van der Waals surface area contributed by atoms with Crippen molar-refractivity contribution in [2.45, 2.75) is 55.5 Å². The van der Waals surface area contributed by atoms with E-state index < -0.39 is 20.7 Å². The van der Waals surface area contributed by atoms with Gasteiger partial charge in [0.1, 0.15) is 10.7 Å². The second kappa shape index (κ2) is 12.8. The summed E-state index contributed by atoms with van der Waals surface area (Å²) in [6, 6.07) is 2.66. The van der Waals surface area contributed by atoms with Crippen LogP contribution in [-0.4, -0.2) is 66.8 Å². The molecule has 1 aromatic heterocycles. The number of nitrogens with one attached hydrogen (secondary N) is 2. The van der Waals surface area contributed by atoms with Crippen LogP contribution in [0.4, 0.5) is 15.2 Å². The first kappa shape index (κ1) is 27.6. The monoisotopic (exact) mass is 548 g/mol. The molecule has 3 atom stereocenters. The maximum Gasteiger partial charge on any atom is 0.290 e. The Labute approximate surface area is 213 Å². The van der Waals surface area contributed by atoms with E-state index in [2.05, 4.69) is 19.9 Å². The summed E-state index contributed by atoms with van der Waals surface area (Å²) in [4.78, 5) is 14.2. The van der Waals surface area contributed by atoms with Gasteiger partial charge < -0.3 is 15.5 Å². The highest BCUT2D eigenvalue weighted by molar-refractivity contribution is 7.93. The van der Waals surface area contributed by atoms with Crippen LogP contribution in [0.15, 0.2) is 28.6 Å². The smallest absolute Gasteiger partial charge is 0.290 e. The zero-order chi connectivity index (χ0) is 25.4. The van der Waals surface area contributed by atoms with E-state index in [-0.39, 0.29) is 35.3 Å². The molecule has 1 saturated carbocycles. The number of thiazole rings is 1. The van der Waals surface area contributed by atoms with Crippen molar-refractivity contribution >= 4 is 50.3 Å². The minimum atomic E-state index is -4.14. The minimum Gasteiger partial charge on any atom is -0.483 e. The van der Waals surface area contributed by atoms with Gasteiger partial charge in [-0.05, 0) is 50.3 Å². The molecule has 1 aliphatic heterocycles. The standard InChI is InChI=1S/C21H28ClFN4O3S2.CH2O2/c22-15-10-20(32(29,30)26-21-24-7-9-31-21)16(23)11-18(15)25-17-5-1-2-6-19(17)27-8-3-4-14(12-27)13-28;2-1-3/h7,9-11,14,17,19,25,28H,1-6,8,12-13H2,(H,24,26);1H,(H,2,3)/t14-,17+,19+;/m1./s1. The first-order valence-electron chi connectivity index (χ1n) is 11.4. The second-order valence-electron chi connectivity index (χ2n) is 8.60. The Hall–Kier alpha value is -1.99. The number of hydrogen-bond acceptors (Lipinski definition) is 8. The molecule has 13 heteroatoms. The van der Waals surface area contributed by atoms with Crippen molar-refractivity contribution in [3.8, 4) is 0 Å². The van der Waals surface area contributed by atoms with Crippen LogP contribution < -0.4 is 10.0 Å². The summed E-state index contributed by atoms with van der Waals surface area (Å²) in [7, 11) is -4.14. The Morgan fingerprint density at radius 3 is 2.69 bits per heavy atom. The second-order valence-corrected chi connectivity index (χ2v) is 11.6. The van der Waals surface area contributed by atoms with Crippen LogP contribution in [0.5, 0.6) is 0 Å². The van der Waals surface area contributed by atoms with Crippen molar-refractivity contribution in [2.75, 3.05) is 29.7 Å². The molecule has 0 radical (unpaired) electrons. The lowest BCUT2D eigenvalue weighted by Gasteiger charge is -2.44. The first-order chi connectivity index (χ1) is 16.8. The topological polar surface area (TPSA) is 132 Å². The van der Waals surface area contributed by atoms with Crippen LogP contribution in [0.1, 0.15) is 38.5 Å². The molecule has 0 unspecified atom stereocenters. The molecule has 2 aliphatic rings. The van der Waals surface area contributed by atoms with Gasteiger partial charge in [0, 0.05) is 36.8 Å². The Bertz CT molecular complexity index is 1070. The van der Waals surface area contributed by atoms with Gasteiger partial charge in [0.25, 0.3) is 16.5 Å². The molecule has 9 nitrogen and oxygen atoms in total. The van der Waals surface area contributed by atoms with E-state index in [0.29, 0.717) is 11.6 Å². The molecule has 194 valence electrons. The summed E-state index contributed by atoms with van der Waals surface area (Å²) in [6.07, 6.45) is 7.71. The molecule has 1 aliphatic carbocycles. The number of halogens is 2. The molecule has 0 amide bonds. The molecule has 1 saturated heterocycles. The van der Waals surface area contributed by atoms with Crippen LogP contribution in [0.3, 0.4) is 0 Å². The maximum atomic E-state index is 14.9. The van der Waals surface area contributed by atoms with Crippen LogP contribution in [0.25, 0.3) is 0 Å². The van der Waals surface area contributed by atoms with Crippen molar-refractivity contribution in [1.82, 2.24) is 9.88 Å². The van der Waals surface area contributed by atoms with Gasteiger partial charge in [-0.2, -0.15) is 0 Å². The summed E-state index contributed by atoms with van der Waals surface area (Å²) in [5, 5.41) is 21.8. The maximum absolute atomic E-state index is 14.9. The first-order valence-corrected chi connectivity index (χ1v) is 14.1. The summed E-state index contributed by atoms with van der Waals surface area (Å²) in [5.41, 5.74) is 0.394. The van der Waals surface area contributed by atoms with E-state index in [9.17, 15) is 17.9 Å².